The predicted octanol–water partition coefficient (Wildman–Crippen LogP) is 2.63. The van der Waals surface area contributed by atoms with Crippen LogP contribution in [0.1, 0.15) is 22.8 Å². The SMILES string of the molecule is COc1ccccc1CCNC(=O)c1ccc(N2C(=O)[C@@H](C)CS2(=O)=O)cc1Cl. The lowest BCUT2D eigenvalue weighted by atomic mass is 10.1. The fourth-order valence-electron chi connectivity index (χ4n) is 3.22. The number of hydrogen-bond acceptors (Lipinski definition) is 5. The molecular formula is C20H21ClN2O5S. The van der Waals surface area contributed by atoms with Crippen LogP contribution in [0.3, 0.4) is 0 Å². The van der Waals surface area contributed by atoms with E-state index in [9.17, 15) is 18.0 Å². The molecule has 0 spiro atoms. The zero-order valence-electron chi connectivity index (χ0n) is 16.0. The Bertz CT molecular complexity index is 1050. The van der Waals surface area contributed by atoms with Crippen molar-refractivity contribution in [1.82, 2.24) is 5.32 Å². The van der Waals surface area contributed by atoms with Gasteiger partial charge in [-0.15, -0.1) is 0 Å². The number of benzene rings is 2. The second-order valence-corrected chi connectivity index (χ2v) is 9.03. The van der Waals surface area contributed by atoms with Crippen molar-refractivity contribution in [1.29, 1.82) is 0 Å². The van der Waals surface area contributed by atoms with Gasteiger partial charge in [0.25, 0.3) is 5.91 Å². The van der Waals surface area contributed by atoms with Gasteiger partial charge in [-0.05, 0) is 36.2 Å². The third-order valence-electron chi connectivity index (χ3n) is 4.66. The summed E-state index contributed by atoms with van der Waals surface area (Å²) < 4.78 is 30.5. The summed E-state index contributed by atoms with van der Waals surface area (Å²) in [6.45, 7) is 1.93. The Hall–Kier alpha value is -2.58. The van der Waals surface area contributed by atoms with Gasteiger partial charge in [0.1, 0.15) is 5.75 Å². The number of sulfonamides is 1. The molecule has 0 bridgehead atoms. The molecule has 1 heterocycles. The number of nitrogens with one attached hydrogen (secondary N) is 1. The Morgan fingerprint density at radius 2 is 2.00 bits per heavy atom. The van der Waals surface area contributed by atoms with Crippen LogP contribution in [0.15, 0.2) is 42.5 Å². The average Bonchev–Trinajstić information content (AvgIpc) is 2.88. The second-order valence-electron chi connectivity index (χ2n) is 6.76. The van der Waals surface area contributed by atoms with E-state index in [4.69, 9.17) is 16.3 Å². The smallest absolute Gasteiger partial charge is 0.252 e. The zero-order chi connectivity index (χ0) is 21.2. The molecule has 0 unspecified atom stereocenters. The summed E-state index contributed by atoms with van der Waals surface area (Å²) >= 11 is 6.21. The summed E-state index contributed by atoms with van der Waals surface area (Å²) in [4.78, 5) is 24.7. The van der Waals surface area contributed by atoms with Gasteiger partial charge in [0.2, 0.25) is 15.9 Å². The topological polar surface area (TPSA) is 92.8 Å². The van der Waals surface area contributed by atoms with E-state index in [1.54, 1.807) is 14.0 Å². The maximum Gasteiger partial charge on any atom is 0.252 e. The van der Waals surface area contributed by atoms with Crippen LogP contribution in [0.4, 0.5) is 5.69 Å². The number of anilines is 1. The van der Waals surface area contributed by atoms with E-state index in [2.05, 4.69) is 5.32 Å². The molecule has 2 amide bonds. The molecule has 0 aliphatic carbocycles. The quantitative estimate of drug-likeness (QED) is 0.751. The number of amides is 2. The van der Waals surface area contributed by atoms with E-state index < -0.39 is 21.8 Å². The van der Waals surface area contributed by atoms with Crippen molar-refractivity contribution in [3.05, 3.63) is 58.6 Å². The molecule has 0 saturated carbocycles. The minimum atomic E-state index is -3.73. The van der Waals surface area contributed by atoms with Crippen LogP contribution in [-0.2, 0) is 21.2 Å². The Morgan fingerprint density at radius 1 is 1.28 bits per heavy atom. The highest BCUT2D eigenvalue weighted by Crippen LogP contribution is 2.31. The molecule has 154 valence electrons. The van der Waals surface area contributed by atoms with Crippen LogP contribution in [0.2, 0.25) is 5.02 Å². The van der Waals surface area contributed by atoms with Gasteiger partial charge < -0.3 is 10.1 Å². The Balaban J connectivity index is 1.70. The molecule has 1 N–H and O–H groups in total. The first-order valence-electron chi connectivity index (χ1n) is 9.01. The summed E-state index contributed by atoms with van der Waals surface area (Å²) in [5, 5.41) is 2.85. The minimum Gasteiger partial charge on any atom is -0.496 e. The first-order chi connectivity index (χ1) is 13.7. The van der Waals surface area contributed by atoms with Gasteiger partial charge in [0, 0.05) is 6.54 Å². The lowest BCUT2D eigenvalue weighted by Gasteiger charge is -2.16. The van der Waals surface area contributed by atoms with E-state index in [0.717, 1.165) is 15.6 Å². The van der Waals surface area contributed by atoms with Crippen LogP contribution in [-0.4, -0.2) is 39.6 Å². The molecule has 1 aliphatic rings. The summed E-state index contributed by atoms with van der Waals surface area (Å²) in [6, 6.07) is 11.7. The maximum atomic E-state index is 12.5. The van der Waals surface area contributed by atoms with E-state index >= 15 is 0 Å². The van der Waals surface area contributed by atoms with Crippen LogP contribution >= 0.6 is 11.6 Å². The van der Waals surface area contributed by atoms with Crippen molar-refractivity contribution in [3.63, 3.8) is 0 Å². The van der Waals surface area contributed by atoms with Crippen molar-refractivity contribution < 1.29 is 22.7 Å². The average molecular weight is 437 g/mol. The van der Waals surface area contributed by atoms with E-state index in [1.807, 2.05) is 24.3 Å². The van der Waals surface area contributed by atoms with Gasteiger partial charge >= 0.3 is 0 Å². The fraction of sp³-hybridized carbons (Fsp3) is 0.300. The molecule has 1 fully saturated rings. The number of halogens is 1. The number of carbonyl (C=O) groups is 2. The number of nitrogens with zero attached hydrogens (tertiary/aromatic N) is 1. The van der Waals surface area contributed by atoms with Gasteiger partial charge in [-0.1, -0.05) is 36.7 Å². The fourth-order valence-corrected chi connectivity index (χ4v) is 5.29. The number of hydrogen-bond donors (Lipinski definition) is 1. The lowest BCUT2D eigenvalue weighted by Crippen LogP contribution is -2.30. The molecule has 2 aromatic carbocycles. The molecule has 0 radical (unpaired) electrons. The molecular weight excluding hydrogens is 416 g/mol. The molecule has 1 saturated heterocycles. The monoisotopic (exact) mass is 436 g/mol. The molecule has 29 heavy (non-hydrogen) atoms. The van der Waals surface area contributed by atoms with Gasteiger partial charge in [0.15, 0.2) is 0 Å². The van der Waals surface area contributed by atoms with Crippen LogP contribution < -0.4 is 14.4 Å². The summed E-state index contributed by atoms with van der Waals surface area (Å²) in [7, 11) is -2.14. The third-order valence-corrected chi connectivity index (χ3v) is 6.85. The molecule has 9 heteroatoms. The van der Waals surface area contributed by atoms with Crippen molar-refractivity contribution in [2.45, 2.75) is 13.3 Å². The van der Waals surface area contributed by atoms with E-state index in [0.29, 0.717) is 13.0 Å². The van der Waals surface area contributed by atoms with Gasteiger partial charge in [-0.3, -0.25) is 9.59 Å². The molecule has 7 nitrogen and oxygen atoms in total. The van der Waals surface area contributed by atoms with Crippen LogP contribution in [0, 0.1) is 5.92 Å². The van der Waals surface area contributed by atoms with Crippen LogP contribution in [0.5, 0.6) is 5.75 Å². The van der Waals surface area contributed by atoms with Crippen molar-refractivity contribution >= 4 is 39.1 Å². The first kappa shape index (κ1) is 21.1. The van der Waals surface area contributed by atoms with Crippen molar-refractivity contribution in [3.8, 4) is 5.75 Å². The van der Waals surface area contributed by atoms with Gasteiger partial charge in [-0.2, -0.15) is 0 Å². The third kappa shape index (κ3) is 4.38. The number of methoxy groups -OCH3 is 1. The van der Waals surface area contributed by atoms with Gasteiger partial charge in [-0.25, -0.2) is 12.7 Å². The highest BCUT2D eigenvalue weighted by atomic mass is 35.5. The number of para-hydroxylation sites is 1. The van der Waals surface area contributed by atoms with Crippen LogP contribution in [0.25, 0.3) is 0 Å². The number of ether oxygens (including phenoxy) is 1. The predicted molar refractivity (Wildman–Crippen MR) is 111 cm³/mol. The number of rotatable bonds is 6. The van der Waals surface area contributed by atoms with E-state index in [1.165, 1.54) is 18.2 Å². The van der Waals surface area contributed by atoms with E-state index in [-0.39, 0.29) is 27.9 Å². The lowest BCUT2D eigenvalue weighted by molar-refractivity contribution is -0.119. The molecule has 2 aromatic rings. The summed E-state index contributed by atoms with van der Waals surface area (Å²) in [5.41, 5.74) is 1.30. The van der Waals surface area contributed by atoms with Crippen molar-refractivity contribution in [2.24, 2.45) is 5.92 Å². The Kier molecular flexibility index (Phi) is 6.14. The zero-order valence-corrected chi connectivity index (χ0v) is 17.6. The first-order valence-corrected chi connectivity index (χ1v) is 11.0. The Morgan fingerprint density at radius 3 is 2.62 bits per heavy atom. The second kappa shape index (κ2) is 8.42. The highest BCUT2D eigenvalue weighted by Gasteiger charge is 2.42. The standard InChI is InChI=1S/C20H21ClN2O5S/c1-13-12-29(26,27)23(20(13)25)15-7-8-16(17(21)11-15)19(24)22-10-9-14-5-3-4-6-18(14)28-2/h3-8,11,13H,9-10,12H2,1-2H3,(H,22,24)/t13-/m0/s1. The maximum absolute atomic E-state index is 12.5. The highest BCUT2D eigenvalue weighted by molar-refractivity contribution is 7.94. The molecule has 1 atom stereocenters. The molecule has 0 aromatic heterocycles. The normalized spacial score (nSPS) is 18.0. The molecule has 3 rings (SSSR count). The minimum absolute atomic E-state index is 0.0693. The molecule has 1 aliphatic heterocycles. The largest absolute Gasteiger partial charge is 0.496 e. The number of carbonyl (C=O) groups excluding carboxylic acids is 2. The Labute approximate surface area is 174 Å². The summed E-state index contributed by atoms with van der Waals surface area (Å²) in [5.74, 6) is -1.00. The summed E-state index contributed by atoms with van der Waals surface area (Å²) in [6.07, 6.45) is 0.573. The van der Waals surface area contributed by atoms with Gasteiger partial charge in [0.05, 0.1) is 35.1 Å². The van der Waals surface area contributed by atoms with Crippen molar-refractivity contribution in [2.75, 3.05) is 23.7 Å².